The number of nitrogens with one attached hydrogen (secondary N) is 3. The molecular weight excluding hydrogens is 466 g/mol. The average Bonchev–Trinajstić information content (AvgIpc) is 3.47. The third kappa shape index (κ3) is 4.71. The Bertz CT molecular complexity index is 1380. The fourth-order valence-electron chi connectivity index (χ4n) is 3.35. The van der Waals surface area contributed by atoms with Crippen LogP contribution in [-0.2, 0) is 14.9 Å². The molecule has 5 rings (SSSR count). The van der Waals surface area contributed by atoms with E-state index in [1.54, 1.807) is 42.7 Å². The molecule has 1 aromatic carbocycles. The smallest absolute Gasteiger partial charge is 0.301 e. The Balaban J connectivity index is 1.30. The van der Waals surface area contributed by atoms with Crippen molar-refractivity contribution in [1.82, 2.24) is 24.5 Å². The molecule has 33 heavy (non-hydrogen) atoms. The lowest BCUT2D eigenvalue weighted by molar-refractivity contribution is 0.0733. The number of morpholine rings is 1. The number of ether oxygens (including phenoxy) is 1. The second-order valence-corrected chi connectivity index (χ2v) is 9.88. The molecule has 13 heteroatoms. The third-order valence-electron chi connectivity index (χ3n) is 4.94. The van der Waals surface area contributed by atoms with E-state index in [-0.39, 0.29) is 5.91 Å². The van der Waals surface area contributed by atoms with Crippen molar-refractivity contribution in [2.45, 2.75) is 0 Å². The largest absolute Gasteiger partial charge is 0.379 e. The zero-order valence-corrected chi connectivity index (χ0v) is 18.8. The van der Waals surface area contributed by atoms with Crippen molar-refractivity contribution in [2.75, 3.05) is 36.3 Å². The van der Waals surface area contributed by atoms with Crippen molar-refractivity contribution in [3.63, 3.8) is 0 Å². The maximum Gasteiger partial charge on any atom is 0.301 e. The molecule has 0 aliphatic carbocycles. The van der Waals surface area contributed by atoms with E-state index in [1.807, 2.05) is 6.07 Å². The first-order chi connectivity index (χ1) is 16.0. The highest BCUT2D eigenvalue weighted by Gasteiger charge is 2.24. The summed E-state index contributed by atoms with van der Waals surface area (Å²) in [7, 11) is -3.68. The summed E-state index contributed by atoms with van der Waals surface area (Å²) in [5.74, 6) is 0.0255. The number of rotatable bonds is 6. The lowest BCUT2D eigenvalue weighted by Crippen LogP contribution is -2.43. The van der Waals surface area contributed by atoms with Crippen LogP contribution in [0.25, 0.3) is 21.6 Å². The van der Waals surface area contributed by atoms with Crippen LogP contribution in [0.2, 0.25) is 0 Å². The van der Waals surface area contributed by atoms with Gasteiger partial charge >= 0.3 is 10.2 Å². The van der Waals surface area contributed by atoms with Gasteiger partial charge in [0.2, 0.25) is 0 Å². The molecule has 11 nitrogen and oxygen atoms in total. The summed E-state index contributed by atoms with van der Waals surface area (Å²) in [5.41, 5.74) is 2.41. The molecule has 4 aromatic rings. The van der Waals surface area contributed by atoms with Crippen LogP contribution in [-0.4, -0.2) is 65.1 Å². The van der Waals surface area contributed by atoms with Gasteiger partial charge in [-0.25, -0.2) is 4.98 Å². The Morgan fingerprint density at radius 3 is 2.76 bits per heavy atom. The van der Waals surface area contributed by atoms with E-state index in [9.17, 15) is 13.2 Å². The van der Waals surface area contributed by atoms with Crippen LogP contribution in [0.5, 0.6) is 0 Å². The molecule has 0 bridgehead atoms. The number of anilines is 2. The molecule has 3 aromatic heterocycles. The molecule has 3 N–H and O–H groups in total. The lowest BCUT2D eigenvalue weighted by Gasteiger charge is -2.26. The van der Waals surface area contributed by atoms with Crippen LogP contribution < -0.4 is 10.0 Å². The topological polar surface area (TPSA) is 142 Å². The minimum Gasteiger partial charge on any atom is -0.379 e. The van der Waals surface area contributed by atoms with Gasteiger partial charge in [-0.2, -0.15) is 17.8 Å². The Morgan fingerprint density at radius 2 is 1.94 bits per heavy atom. The molecular formula is C20H19N7O4S2. The van der Waals surface area contributed by atoms with Crippen molar-refractivity contribution in [2.24, 2.45) is 0 Å². The first-order valence-electron chi connectivity index (χ1n) is 10.0. The van der Waals surface area contributed by atoms with Gasteiger partial charge in [0, 0.05) is 37.1 Å². The zero-order valence-electron chi connectivity index (χ0n) is 17.2. The predicted molar refractivity (Wildman–Crippen MR) is 124 cm³/mol. The Morgan fingerprint density at radius 1 is 1.12 bits per heavy atom. The summed E-state index contributed by atoms with van der Waals surface area (Å²) < 4.78 is 34.4. The van der Waals surface area contributed by atoms with E-state index >= 15 is 0 Å². The standard InChI is InChI=1S/C20H19N7O4S2/c28-19(17-11-16-20(32-17)22-5-4-21-16)23-18-12-15(24-25-18)13-2-1-3-14(10-13)26-33(29,30)27-6-8-31-9-7-27/h1-5,10-12,26H,6-9H2,(H2,23,24,25,28). The number of aromatic nitrogens is 4. The minimum atomic E-state index is -3.68. The van der Waals surface area contributed by atoms with E-state index in [2.05, 4.69) is 30.2 Å². The van der Waals surface area contributed by atoms with Crippen molar-refractivity contribution in [3.8, 4) is 11.3 Å². The van der Waals surface area contributed by atoms with Gasteiger partial charge in [0.15, 0.2) is 5.82 Å². The highest BCUT2D eigenvalue weighted by Crippen LogP contribution is 2.26. The molecule has 0 atom stereocenters. The summed E-state index contributed by atoms with van der Waals surface area (Å²) in [6.45, 7) is 1.37. The SMILES string of the molecule is O=C(Nc1cc(-c2cccc(NS(=O)(=O)N3CCOCC3)c2)[nH]n1)c1cc2nccnc2s1. The zero-order chi connectivity index (χ0) is 22.8. The quantitative estimate of drug-likeness (QED) is 0.380. The predicted octanol–water partition coefficient (Wildman–Crippen LogP) is 2.32. The van der Waals surface area contributed by atoms with Crippen LogP contribution in [0.1, 0.15) is 9.67 Å². The van der Waals surface area contributed by atoms with Crippen molar-refractivity contribution >= 4 is 49.3 Å². The second kappa shape index (κ2) is 8.86. The number of hydrogen-bond donors (Lipinski definition) is 3. The molecule has 0 radical (unpaired) electrons. The molecule has 1 aliphatic rings. The summed E-state index contributed by atoms with van der Waals surface area (Å²) in [6.07, 6.45) is 3.15. The third-order valence-corrected chi connectivity index (χ3v) is 7.51. The Hall–Kier alpha value is -3.39. The number of nitrogens with zero attached hydrogens (tertiary/aromatic N) is 4. The first kappa shape index (κ1) is 21.5. The van der Waals surface area contributed by atoms with E-state index < -0.39 is 10.2 Å². The molecule has 4 heterocycles. The fraction of sp³-hybridized carbons (Fsp3) is 0.200. The molecule has 1 fully saturated rings. The molecule has 1 aliphatic heterocycles. The lowest BCUT2D eigenvalue weighted by atomic mass is 10.1. The van der Waals surface area contributed by atoms with Crippen LogP contribution >= 0.6 is 11.3 Å². The second-order valence-electron chi connectivity index (χ2n) is 7.18. The molecule has 1 amide bonds. The number of aromatic amines is 1. The Labute approximate surface area is 193 Å². The van der Waals surface area contributed by atoms with E-state index in [1.165, 1.54) is 15.6 Å². The maximum absolute atomic E-state index is 12.6. The monoisotopic (exact) mass is 485 g/mol. The van der Waals surface area contributed by atoms with Crippen molar-refractivity contribution < 1.29 is 17.9 Å². The van der Waals surface area contributed by atoms with Gasteiger partial charge in [-0.15, -0.1) is 11.3 Å². The number of fused-ring (bicyclic) bond motifs is 1. The minimum absolute atomic E-state index is 0.310. The first-order valence-corrected chi connectivity index (χ1v) is 12.3. The summed E-state index contributed by atoms with van der Waals surface area (Å²) in [5, 5.41) is 9.76. The van der Waals surface area contributed by atoms with Gasteiger partial charge in [-0.05, 0) is 18.2 Å². The highest BCUT2D eigenvalue weighted by molar-refractivity contribution is 7.90. The molecule has 0 saturated carbocycles. The number of benzene rings is 1. The van der Waals surface area contributed by atoms with Crippen LogP contribution in [0, 0.1) is 0 Å². The van der Waals surface area contributed by atoms with Crippen LogP contribution in [0.15, 0.2) is 48.8 Å². The Kier molecular flexibility index (Phi) is 5.76. The van der Waals surface area contributed by atoms with E-state index in [4.69, 9.17) is 4.74 Å². The van der Waals surface area contributed by atoms with Crippen molar-refractivity contribution in [1.29, 1.82) is 0 Å². The fourth-order valence-corrected chi connectivity index (χ4v) is 5.38. The van der Waals surface area contributed by atoms with Gasteiger partial charge in [0.25, 0.3) is 5.91 Å². The van der Waals surface area contributed by atoms with Crippen LogP contribution in [0.3, 0.4) is 0 Å². The van der Waals surface area contributed by atoms with Crippen LogP contribution in [0.4, 0.5) is 11.5 Å². The van der Waals surface area contributed by atoms with Gasteiger partial charge in [-0.3, -0.25) is 19.6 Å². The molecule has 0 spiro atoms. The molecule has 1 saturated heterocycles. The maximum atomic E-state index is 12.6. The number of carbonyl (C=O) groups excluding carboxylic acids is 1. The molecule has 0 unspecified atom stereocenters. The summed E-state index contributed by atoms with van der Waals surface area (Å²) in [6, 6.07) is 10.3. The highest BCUT2D eigenvalue weighted by atomic mass is 32.2. The normalized spacial score (nSPS) is 14.9. The number of carbonyl (C=O) groups is 1. The molecule has 170 valence electrons. The number of thiophene rings is 1. The van der Waals surface area contributed by atoms with Crippen molar-refractivity contribution in [3.05, 3.63) is 53.7 Å². The summed E-state index contributed by atoms with van der Waals surface area (Å²) in [4.78, 5) is 22.1. The van der Waals surface area contributed by atoms with Gasteiger partial charge < -0.3 is 10.1 Å². The van der Waals surface area contributed by atoms with E-state index in [0.717, 1.165) is 0 Å². The average molecular weight is 486 g/mol. The van der Waals surface area contributed by atoms with Gasteiger partial charge in [0.05, 0.1) is 29.5 Å². The van der Waals surface area contributed by atoms with E-state index in [0.29, 0.717) is 64.3 Å². The summed E-state index contributed by atoms with van der Waals surface area (Å²) >= 11 is 1.25. The number of hydrogen-bond acceptors (Lipinski definition) is 8. The number of H-pyrrole nitrogens is 1. The van der Waals surface area contributed by atoms with Gasteiger partial charge in [-0.1, -0.05) is 12.1 Å². The van der Waals surface area contributed by atoms with Gasteiger partial charge in [0.1, 0.15) is 10.3 Å². The number of amides is 1.